The van der Waals surface area contributed by atoms with E-state index in [4.69, 9.17) is 43.1 Å². The summed E-state index contributed by atoms with van der Waals surface area (Å²) >= 11 is 12.7. The fraction of sp³-hybridized carbons (Fsp3) is 0.161. The number of allylic oxidation sites excluding steroid dienone is 1. The van der Waals surface area contributed by atoms with Gasteiger partial charge in [0.05, 0.1) is 28.1 Å². The quantitative estimate of drug-likeness (QED) is 0.141. The molecule has 2 N–H and O–H groups in total. The highest BCUT2D eigenvalue weighted by Crippen LogP contribution is 2.45. The Balaban J connectivity index is 1.46. The number of rotatable bonds is 7. The van der Waals surface area contributed by atoms with Crippen molar-refractivity contribution in [2.75, 3.05) is 6.61 Å². The molecule has 39 heavy (non-hydrogen) atoms. The number of nitriles is 1. The number of nitrogens with two attached hydrogens (primary N) is 1. The van der Waals surface area contributed by atoms with Gasteiger partial charge in [-0.3, -0.25) is 0 Å². The van der Waals surface area contributed by atoms with Crippen LogP contribution >= 0.6 is 23.2 Å². The molecular weight excluding hydrogens is 535 g/mol. The first-order valence-corrected chi connectivity index (χ1v) is 13.2. The van der Waals surface area contributed by atoms with Crippen LogP contribution in [0.5, 0.6) is 17.2 Å². The van der Waals surface area contributed by atoms with Crippen molar-refractivity contribution in [2.24, 2.45) is 5.73 Å². The van der Waals surface area contributed by atoms with E-state index in [0.29, 0.717) is 23.7 Å². The summed E-state index contributed by atoms with van der Waals surface area (Å²) in [5, 5.41) is 12.4. The first-order valence-electron chi connectivity index (χ1n) is 12.4. The maximum atomic E-state index is 13.0. The van der Waals surface area contributed by atoms with E-state index in [9.17, 15) is 10.1 Å². The fourth-order valence-corrected chi connectivity index (χ4v) is 5.22. The summed E-state index contributed by atoms with van der Waals surface area (Å²) in [6.45, 7) is 2.52. The molecule has 6 nitrogen and oxygen atoms in total. The van der Waals surface area contributed by atoms with Gasteiger partial charge in [0.1, 0.15) is 23.1 Å². The monoisotopic (exact) mass is 558 g/mol. The summed E-state index contributed by atoms with van der Waals surface area (Å²) in [5.74, 6) is -0.136. The van der Waals surface area contributed by atoms with Gasteiger partial charge in [0, 0.05) is 11.6 Å². The van der Waals surface area contributed by atoms with Crippen LogP contribution in [-0.4, -0.2) is 12.6 Å². The Bertz CT molecular complexity index is 1630. The standard InChI is InChI=1S/C31H24Cl2N2O4/c1-2-3-13-37-29-25(32)14-19(15-26(29)33)31(36)38-20-11-12-23-27(16-20)39-30(35)24(17-34)28(23)22-10-6-8-18-7-4-5-9-21(18)22/h4-12,14-16,28H,2-3,13,35H2,1H3. The lowest BCUT2D eigenvalue weighted by Crippen LogP contribution is -2.21. The molecule has 1 unspecified atom stereocenters. The molecule has 0 saturated heterocycles. The molecule has 0 radical (unpaired) electrons. The summed E-state index contributed by atoms with van der Waals surface area (Å²) in [6, 6.07) is 24.0. The molecule has 5 rings (SSSR count). The van der Waals surface area contributed by atoms with Crippen LogP contribution < -0.4 is 19.9 Å². The van der Waals surface area contributed by atoms with Gasteiger partial charge in [-0.1, -0.05) is 85.1 Å². The van der Waals surface area contributed by atoms with Crippen molar-refractivity contribution in [3.05, 3.63) is 111 Å². The minimum Gasteiger partial charge on any atom is -0.490 e. The molecule has 0 aromatic heterocycles. The normalized spacial score (nSPS) is 14.4. The summed E-state index contributed by atoms with van der Waals surface area (Å²) in [4.78, 5) is 13.0. The maximum Gasteiger partial charge on any atom is 0.343 e. The lowest BCUT2D eigenvalue weighted by Gasteiger charge is -2.27. The Morgan fingerprint density at radius 1 is 1.03 bits per heavy atom. The zero-order valence-corrected chi connectivity index (χ0v) is 22.6. The Morgan fingerprint density at radius 3 is 2.51 bits per heavy atom. The van der Waals surface area contributed by atoms with Crippen LogP contribution in [-0.2, 0) is 0 Å². The number of carbonyl (C=O) groups is 1. The van der Waals surface area contributed by atoms with Crippen LogP contribution in [0.25, 0.3) is 10.8 Å². The fourth-order valence-electron chi connectivity index (χ4n) is 4.62. The Labute approximate surface area is 236 Å². The van der Waals surface area contributed by atoms with Crippen molar-refractivity contribution in [3.8, 4) is 23.3 Å². The zero-order valence-electron chi connectivity index (χ0n) is 21.0. The molecule has 1 atom stereocenters. The van der Waals surface area contributed by atoms with Crippen LogP contribution in [0.15, 0.2) is 84.3 Å². The molecule has 4 aromatic carbocycles. The number of fused-ring (bicyclic) bond motifs is 2. The molecule has 8 heteroatoms. The topological polar surface area (TPSA) is 94.6 Å². The van der Waals surface area contributed by atoms with E-state index in [0.717, 1.165) is 34.7 Å². The van der Waals surface area contributed by atoms with Gasteiger partial charge in [0.25, 0.3) is 0 Å². The molecule has 0 saturated carbocycles. The molecule has 0 spiro atoms. The lowest BCUT2D eigenvalue weighted by molar-refractivity contribution is 0.0734. The summed E-state index contributed by atoms with van der Waals surface area (Å²) < 4.78 is 17.1. The number of hydrogen-bond donors (Lipinski definition) is 1. The van der Waals surface area contributed by atoms with Gasteiger partial charge < -0.3 is 19.9 Å². The maximum absolute atomic E-state index is 13.0. The second-order valence-corrected chi connectivity index (χ2v) is 9.87. The molecular formula is C31H24Cl2N2O4. The third kappa shape index (κ3) is 5.24. The smallest absolute Gasteiger partial charge is 0.343 e. The molecule has 4 aromatic rings. The average molecular weight is 559 g/mol. The predicted octanol–water partition coefficient (Wildman–Crippen LogP) is 7.76. The van der Waals surface area contributed by atoms with Gasteiger partial charge in [0.15, 0.2) is 5.75 Å². The SMILES string of the molecule is CCCCOc1c(Cl)cc(C(=O)Oc2ccc3c(c2)OC(N)=C(C#N)C3c2cccc3ccccc23)cc1Cl. The van der Waals surface area contributed by atoms with Gasteiger partial charge in [-0.2, -0.15) is 5.26 Å². The van der Waals surface area contributed by atoms with Crippen molar-refractivity contribution >= 4 is 39.9 Å². The van der Waals surface area contributed by atoms with Gasteiger partial charge >= 0.3 is 5.97 Å². The number of hydrogen-bond acceptors (Lipinski definition) is 6. The predicted molar refractivity (Wildman–Crippen MR) is 152 cm³/mol. The largest absolute Gasteiger partial charge is 0.490 e. The van der Waals surface area contributed by atoms with Gasteiger partial charge in [-0.25, -0.2) is 4.79 Å². The number of nitrogens with zero attached hydrogens (tertiary/aromatic N) is 1. The lowest BCUT2D eigenvalue weighted by atomic mass is 9.81. The zero-order chi connectivity index (χ0) is 27.5. The molecule has 1 aliphatic rings. The number of esters is 1. The molecule has 1 aliphatic heterocycles. The molecule has 0 fully saturated rings. The second-order valence-electron chi connectivity index (χ2n) is 9.05. The van der Waals surface area contributed by atoms with Crippen LogP contribution in [0, 0.1) is 11.3 Å². The summed E-state index contributed by atoms with van der Waals surface area (Å²) in [5.41, 5.74) is 8.34. The van der Waals surface area contributed by atoms with Gasteiger partial charge in [-0.05, 0) is 41.0 Å². The van der Waals surface area contributed by atoms with E-state index in [1.165, 1.54) is 12.1 Å². The second kappa shape index (κ2) is 11.3. The van der Waals surface area contributed by atoms with Crippen molar-refractivity contribution in [2.45, 2.75) is 25.7 Å². The number of carbonyl (C=O) groups excluding carboxylic acids is 1. The van der Waals surface area contributed by atoms with Crippen molar-refractivity contribution in [1.29, 1.82) is 5.26 Å². The van der Waals surface area contributed by atoms with Crippen molar-refractivity contribution < 1.29 is 19.0 Å². The first-order chi connectivity index (χ1) is 18.9. The van der Waals surface area contributed by atoms with E-state index in [1.54, 1.807) is 18.2 Å². The molecule has 0 aliphatic carbocycles. The minimum atomic E-state index is -0.651. The van der Waals surface area contributed by atoms with Crippen LogP contribution in [0.1, 0.15) is 47.2 Å². The van der Waals surface area contributed by atoms with Crippen molar-refractivity contribution in [3.63, 3.8) is 0 Å². The summed E-state index contributed by atoms with van der Waals surface area (Å²) in [6.07, 6.45) is 1.82. The van der Waals surface area contributed by atoms with E-state index < -0.39 is 11.9 Å². The average Bonchev–Trinajstić information content (AvgIpc) is 2.93. The molecule has 1 heterocycles. The Kier molecular flexibility index (Phi) is 7.65. The number of unbranched alkanes of at least 4 members (excludes halogenated alkanes) is 1. The van der Waals surface area contributed by atoms with E-state index in [2.05, 4.69) is 6.07 Å². The number of halogens is 2. The van der Waals surface area contributed by atoms with E-state index >= 15 is 0 Å². The van der Waals surface area contributed by atoms with Crippen LogP contribution in [0.3, 0.4) is 0 Å². The summed E-state index contributed by atoms with van der Waals surface area (Å²) in [7, 11) is 0. The first kappa shape index (κ1) is 26.4. The highest BCUT2D eigenvalue weighted by Gasteiger charge is 2.32. The van der Waals surface area contributed by atoms with Gasteiger partial charge in [0.2, 0.25) is 5.88 Å². The Hall–Kier alpha value is -4.18. The molecule has 196 valence electrons. The molecule has 0 bridgehead atoms. The molecule has 0 amide bonds. The van der Waals surface area contributed by atoms with Gasteiger partial charge in [-0.15, -0.1) is 0 Å². The van der Waals surface area contributed by atoms with Crippen LogP contribution in [0.4, 0.5) is 0 Å². The highest BCUT2D eigenvalue weighted by atomic mass is 35.5. The Morgan fingerprint density at radius 2 is 1.77 bits per heavy atom. The minimum absolute atomic E-state index is 0.00337. The highest BCUT2D eigenvalue weighted by molar-refractivity contribution is 6.37. The number of benzene rings is 4. The van der Waals surface area contributed by atoms with E-state index in [1.807, 2.05) is 49.4 Å². The van der Waals surface area contributed by atoms with Crippen molar-refractivity contribution in [1.82, 2.24) is 0 Å². The number of ether oxygens (including phenoxy) is 3. The van der Waals surface area contributed by atoms with Crippen LogP contribution in [0.2, 0.25) is 10.0 Å². The van der Waals surface area contributed by atoms with E-state index in [-0.39, 0.29) is 27.2 Å². The third-order valence-electron chi connectivity index (χ3n) is 6.51. The third-order valence-corrected chi connectivity index (χ3v) is 7.08.